The highest BCUT2D eigenvalue weighted by Gasteiger charge is 2.23. The fraction of sp³-hybridized carbons (Fsp3) is 0.364. The van der Waals surface area contributed by atoms with Gasteiger partial charge in [-0.2, -0.15) is 0 Å². The number of halogens is 1. The number of anilines is 1. The second-order valence-electron chi connectivity index (χ2n) is 7.40. The number of benzene rings is 2. The van der Waals surface area contributed by atoms with Crippen LogP contribution in [0.4, 0.5) is 5.69 Å². The van der Waals surface area contributed by atoms with Gasteiger partial charge in [-0.25, -0.2) is 0 Å². The van der Waals surface area contributed by atoms with Gasteiger partial charge in [0.05, 0.1) is 0 Å². The van der Waals surface area contributed by atoms with E-state index in [1.807, 2.05) is 17.0 Å². The minimum absolute atomic E-state index is 0.149. The quantitative estimate of drug-likeness (QED) is 0.819. The third-order valence-electron chi connectivity index (χ3n) is 4.69. The highest BCUT2D eigenvalue weighted by Crippen LogP contribution is 2.29. The molecule has 5 heteroatoms. The fourth-order valence-corrected chi connectivity index (χ4v) is 3.58. The maximum atomic E-state index is 12.5. The van der Waals surface area contributed by atoms with Gasteiger partial charge in [0.15, 0.2) is 0 Å². The zero-order valence-corrected chi connectivity index (χ0v) is 16.6. The van der Waals surface area contributed by atoms with Crippen LogP contribution in [0.2, 0.25) is 5.02 Å². The summed E-state index contributed by atoms with van der Waals surface area (Å²) >= 11 is 5.94. The average Bonchev–Trinajstić information content (AvgIpc) is 2.64. The SMILES string of the molecule is CC(C)CC(=O)N1CCCc2cc(CNC(=O)c3cccc(Cl)c3)ccc21. The normalized spacial score (nSPS) is 13.4. The summed E-state index contributed by atoms with van der Waals surface area (Å²) in [6.45, 7) is 5.35. The summed E-state index contributed by atoms with van der Waals surface area (Å²) in [6.07, 6.45) is 2.49. The van der Waals surface area contributed by atoms with Gasteiger partial charge >= 0.3 is 0 Å². The standard InChI is InChI=1S/C22H25ClN2O2/c1-15(2)11-21(26)25-10-4-6-17-12-16(8-9-20(17)25)14-24-22(27)18-5-3-7-19(23)13-18/h3,5,7-9,12-13,15H,4,6,10-11,14H2,1-2H3,(H,24,27). The van der Waals surface area contributed by atoms with Crippen LogP contribution in [0.1, 0.15) is 48.2 Å². The van der Waals surface area contributed by atoms with E-state index in [1.54, 1.807) is 24.3 Å². The predicted octanol–water partition coefficient (Wildman–Crippen LogP) is 4.60. The van der Waals surface area contributed by atoms with Crippen LogP contribution in [0.3, 0.4) is 0 Å². The molecule has 4 nitrogen and oxygen atoms in total. The van der Waals surface area contributed by atoms with E-state index in [9.17, 15) is 9.59 Å². The van der Waals surface area contributed by atoms with E-state index < -0.39 is 0 Å². The Balaban J connectivity index is 1.69. The van der Waals surface area contributed by atoms with E-state index in [2.05, 4.69) is 25.2 Å². The lowest BCUT2D eigenvalue weighted by Gasteiger charge is -2.30. The smallest absolute Gasteiger partial charge is 0.251 e. The molecule has 0 fully saturated rings. The van der Waals surface area contributed by atoms with Gasteiger partial charge in [0, 0.05) is 35.8 Å². The van der Waals surface area contributed by atoms with Crippen LogP contribution in [0, 0.1) is 5.92 Å². The minimum Gasteiger partial charge on any atom is -0.348 e. The fourth-order valence-electron chi connectivity index (χ4n) is 3.39. The van der Waals surface area contributed by atoms with E-state index in [-0.39, 0.29) is 11.8 Å². The lowest BCUT2D eigenvalue weighted by Crippen LogP contribution is -2.36. The molecule has 142 valence electrons. The van der Waals surface area contributed by atoms with Gasteiger partial charge in [0.25, 0.3) is 5.91 Å². The van der Waals surface area contributed by atoms with Gasteiger partial charge in [-0.15, -0.1) is 0 Å². The van der Waals surface area contributed by atoms with Crippen LogP contribution >= 0.6 is 11.6 Å². The number of amides is 2. The van der Waals surface area contributed by atoms with Crippen LogP contribution in [0.15, 0.2) is 42.5 Å². The summed E-state index contributed by atoms with van der Waals surface area (Å²) in [4.78, 5) is 26.7. The molecule has 1 aliphatic rings. The molecule has 0 saturated heterocycles. The zero-order valence-electron chi connectivity index (χ0n) is 15.8. The first-order valence-corrected chi connectivity index (χ1v) is 9.78. The molecule has 27 heavy (non-hydrogen) atoms. The third-order valence-corrected chi connectivity index (χ3v) is 4.92. The van der Waals surface area contributed by atoms with Gasteiger partial charge in [-0.05, 0) is 54.2 Å². The van der Waals surface area contributed by atoms with Crippen molar-refractivity contribution in [3.05, 3.63) is 64.2 Å². The number of rotatable bonds is 5. The van der Waals surface area contributed by atoms with Crippen molar-refractivity contribution >= 4 is 29.1 Å². The van der Waals surface area contributed by atoms with Gasteiger partial charge in [-0.3, -0.25) is 9.59 Å². The Hall–Kier alpha value is -2.33. The van der Waals surface area contributed by atoms with E-state index in [4.69, 9.17) is 11.6 Å². The van der Waals surface area contributed by atoms with Crippen LogP contribution in [-0.2, 0) is 17.8 Å². The second kappa shape index (κ2) is 8.57. The Morgan fingerprint density at radius 3 is 2.74 bits per heavy atom. The Kier molecular flexibility index (Phi) is 6.17. The van der Waals surface area contributed by atoms with Crippen LogP contribution < -0.4 is 10.2 Å². The Morgan fingerprint density at radius 1 is 1.19 bits per heavy atom. The molecule has 0 aromatic heterocycles. The summed E-state index contributed by atoms with van der Waals surface area (Å²) in [5, 5.41) is 3.48. The highest BCUT2D eigenvalue weighted by atomic mass is 35.5. The molecule has 2 amide bonds. The van der Waals surface area contributed by atoms with Crippen molar-refractivity contribution in [3.8, 4) is 0 Å². The third kappa shape index (κ3) is 4.89. The first-order valence-electron chi connectivity index (χ1n) is 9.40. The topological polar surface area (TPSA) is 49.4 Å². The maximum absolute atomic E-state index is 12.5. The zero-order chi connectivity index (χ0) is 19.4. The molecule has 0 aliphatic carbocycles. The summed E-state index contributed by atoms with van der Waals surface area (Å²) in [5.41, 5.74) is 3.76. The number of fused-ring (bicyclic) bond motifs is 1. The molecule has 0 radical (unpaired) electrons. The Bertz CT molecular complexity index is 848. The van der Waals surface area contributed by atoms with Crippen LogP contribution in [0.5, 0.6) is 0 Å². The van der Waals surface area contributed by atoms with E-state index in [0.717, 1.165) is 30.6 Å². The molecule has 2 aromatic rings. The largest absolute Gasteiger partial charge is 0.348 e. The summed E-state index contributed by atoms with van der Waals surface area (Å²) in [7, 11) is 0. The number of aryl methyl sites for hydroxylation is 1. The molecule has 0 spiro atoms. The van der Waals surface area contributed by atoms with Gasteiger partial charge in [0.2, 0.25) is 5.91 Å². The van der Waals surface area contributed by atoms with Gasteiger partial charge in [0.1, 0.15) is 0 Å². The van der Waals surface area contributed by atoms with Crippen molar-refractivity contribution in [1.82, 2.24) is 5.32 Å². The first kappa shape index (κ1) is 19.4. The lowest BCUT2D eigenvalue weighted by molar-refractivity contribution is -0.119. The summed E-state index contributed by atoms with van der Waals surface area (Å²) in [6, 6.07) is 13.0. The first-order chi connectivity index (χ1) is 12.9. The molecule has 1 aliphatic heterocycles. The van der Waals surface area contributed by atoms with Crippen molar-refractivity contribution in [2.75, 3.05) is 11.4 Å². The van der Waals surface area contributed by atoms with Crippen molar-refractivity contribution in [2.45, 2.75) is 39.7 Å². The Labute approximate surface area is 165 Å². The number of carbonyl (C=O) groups is 2. The molecule has 0 bridgehead atoms. The molecule has 0 unspecified atom stereocenters. The summed E-state index contributed by atoms with van der Waals surface area (Å²) in [5.74, 6) is 0.390. The summed E-state index contributed by atoms with van der Waals surface area (Å²) < 4.78 is 0. The van der Waals surface area contributed by atoms with Gasteiger partial charge < -0.3 is 10.2 Å². The van der Waals surface area contributed by atoms with Crippen molar-refractivity contribution in [2.24, 2.45) is 5.92 Å². The van der Waals surface area contributed by atoms with E-state index in [1.165, 1.54) is 5.56 Å². The number of hydrogen-bond donors (Lipinski definition) is 1. The van der Waals surface area contributed by atoms with Crippen molar-refractivity contribution in [1.29, 1.82) is 0 Å². The molecule has 2 aromatic carbocycles. The maximum Gasteiger partial charge on any atom is 0.251 e. The average molecular weight is 385 g/mol. The van der Waals surface area contributed by atoms with Gasteiger partial charge in [-0.1, -0.05) is 43.6 Å². The molecule has 0 atom stereocenters. The van der Waals surface area contributed by atoms with Crippen LogP contribution in [-0.4, -0.2) is 18.4 Å². The predicted molar refractivity (Wildman–Crippen MR) is 109 cm³/mol. The lowest BCUT2D eigenvalue weighted by atomic mass is 9.98. The number of nitrogens with zero attached hydrogens (tertiary/aromatic N) is 1. The Morgan fingerprint density at radius 2 is 2.00 bits per heavy atom. The van der Waals surface area contributed by atoms with E-state index in [0.29, 0.717) is 29.5 Å². The van der Waals surface area contributed by atoms with E-state index >= 15 is 0 Å². The van der Waals surface area contributed by atoms with Crippen LogP contribution in [0.25, 0.3) is 0 Å². The number of hydrogen-bond acceptors (Lipinski definition) is 2. The molecular formula is C22H25ClN2O2. The minimum atomic E-state index is -0.149. The molecular weight excluding hydrogens is 360 g/mol. The monoisotopic (exact) mass is 384 g/mol. The highest BCUT2D eigenvalue weighted by molar-refractivity contribution is 6.30. The van der Waals surface area contributed by atoms with Crippen molar-refractivity contribution < 1.29 is 9.59 Å². The second-order valence-corrected chi connectivity index (χ2v) is 7.84. The van der Waals surface area contributed by atoms with Crippen molar-refractivity contribution in [3.63, 3.8) is 0 Å². The molecule has 0 saturated carbocycles. The number of nitrogens with one attached hydrogen (secondary N) is 1. The molecule has 3 rings (SSSR count). The molecule has 1 N–H and O–H groups in total. The number of carbonyl (C=O) groups excluding carboxylic acids is 2. The molecule has 1 heterocycles.